The molecule has 0 aromatic heterocycles. The van der Waals surface area contributed by atoms with Crippen LogP contribution in [0.1, 0.15) is 25.8 Å². The average molecular weight is 218 g/mol. The van der Waals surface area contributed by atoms with Crippen LogP contribution in [0, 0.1) is 11.3 Å². The van der Waals surface area contributed by atoms with Gasteiger partial charge in [0.25, 0.3) is 0 Å². The smallest absolute Gasteiger partial charge is 0.312 e. The van der Waals surface area contributed by atoms with Crippen molar-refractivity contribution in [2.24, 2.45) is 11.3 Å². The molecule has 0 radical (unpaired) electrons. The first-order valence-electron chi connectivity index (χ1n) is 5.88. The molecule has 1 fully saturated rings. The van der Waals surface area contributed by atoms with Crippen molar-refractivity contribution in [3.8, 4) is 0 Å². The molecule has 0 N–H and O–H groups in total. The van der Waals surface area contributed by atoms with E-state index in [1.54, 1.807) is 0 Å². The Kier molecular flexibility index (Phi) is 2.99. The first-order chi connectivity index (χ1) is 7.66. The maximum atomic E-state index is 11.7. The Morgan fingerprint density at radius 1 is 1.38 bits per heavy atom. The lowest BCUT2D eigenvalue weighted by molar-refractivity contribution is -0.145. The molecule has 2 atom stereocenters. The summed E-state index contributed by atoms with van der Waals surface area (Å²) in [4.78, 5) is 11.7. The van der Waals surface area contributed by atoms with Gasteiger partial charge < -0.3 is 4.74 Å². The van der Waals surface area contributed by atoms with Crippen LogP contribution < -0.4 is 0 Å². The molecule has 2 nitrogen and oxygen atoms in total. The minimum atomic E-state index is -0.296. The predicted molar refractivity (Wildman–Crippen MR) is 63.0 cm³/mol. The minimum absolute atomic E-state index is 0.0315. The summed E-state index contributed by atoms with van der Waals surface area (Å²) in [6, 6.07) is 10.3. The van der Waals surface area contributed by atoms with Gasteiger partial charge in [0, 0.05) is 5.92 Å². The molecule has 2 rings (SSSR count). The molecule has 1 heterocycles. The molecule has 86 valence electrons. The summed E-state index contributed by atoms with van der Waals surface area (Å²) in [7, 11) is 0. The van der Waals surface area contributed by atoms with Gasteiger partial charge >= 0.3 is 5.97 Å². The maximum Gasteiger partial charge on any atom is 0.312 e. The Morgan fingerprint density at radius 2 is 2.06 bits per heavy atom. The highest BCUT2D eigenvalue weighted by molar-refractivity contribution is 5.78. The van der Waals surface area contributed by atoms with Crippen molar-refractivity contribution >= 4 is 5.97 Å². The number of carbonyl (C=O) groups excluding carboxylic acids is 1. The fourth-order valence-electron chi connectivity index (χ4n) is 2.31. The van der Waals surface area contributed by atoms with Gasteiger partial charge in [0.15, 0.2) is 0 Å². The van der Waals surface area contributed by atoms with Gasteiger partial charge in [-0.05, 0) is 25.3 Å². The Bertz CT molecular complexity index is 372. The summed E-state index contributed by atoms with van der Waals surface area (Å²) in [5, 5.41) is 0. The van der Waals surface area contributed by atoms with Crippen molar-refractivity contribution in [1.82, 2.24) is 0 Å². The quantitative estimate of drug-likeness (QED) is 0.729. The molecule has 2 unspecified atom stereocenters. The second kappa shape index (κ2) is 4.28. The fraction of sp³-hybridized carbons (Fsp3) is 0.500. The molecule has 1 saturated heterocycles. The topological polar surface area (TPSA) is 26.3 Å². The molecule has 0 saturated carbocycles. The molecule has 1 aliphatic rings. The van der Waals surface area contributed by atoms with E-state index in [0.717, 1.165) is 12.8 Å². The van der Waals surface area contributed by atoms with Gasteiger partial charge in [-0.25, -0.2) is 0 Å². The Labute approximate surface area is 96.6 Å². The second-order valence-corrected chi connectivity index (χ2v) is 4.76. The summed E-state index contributed by atoms with van der Waals surface area (Å²) in [6.07, 6.45) is 1.78. The second-order valence-electron chi connectivity index (χ2n) is 4.76. The summed E-state index contributed by atoms with van der Waals surface area (Å²) in [6.45, 7) is 4.65. The van der Waals surface area contributed by atoms with Crippen molar-refractivity contribution in [3.63, 3.8) is 0 Å². The normalized spacial score (nSPS) is 29.1. The SMILES string of the molecule is CCC1(C)C(=O)OCC1Cc1ccccc1. The molecule has 0 spiro atoms. The predicted octanol–water partition coefficient (Wildman–Crippen LogP) is 2.82. The number of rotatable bonds is 3. The summed E-state index contributed by atoms with van der Waals surface area (Å²) in [5.41, 5.74) is 0.987. The van der Waals surface area contributed by atoms with E-state index in [-0.39, 0.29) is 11.4 Å². The van der Waals surface area contributed by atoms with Gasteiger partial charge in [0.1, 0.15) is 0 Å². The van der Waals surface area contributed by atoms with Crippen LogP contribution >= 0.6 is 0 Å². The molecule has 1 aromatic carbocycles. The summed E-state index contributed by atoms with van der Waals surface area (Å²) in [5.74, 6) is 0.281. The van der Waals surface area contributed by atoms with Crippen molar-refractivity contribution < 1.29 is 9.53 Å². The molecule has 2 heteroatoms. The van der Waals surface area contributed by atoms with Crippen LogP contribution in [-0.4, -0.2) is 12.6 Å². The number of hydrogen-bond donors (Lipinski definition) is 0. The third-order valence-corrected chi connectivity index (χ3v) is 3.84. The number of benzene rings is 1. The number of ether oxygens (including phenoxy) is 1. The fourth-order valence-corrected chi connectivity index (χ4v) is 2.31. The van der Waals surface area contributed by atoms with Crippen LogP contribution in [0.15, 0.2) is 30.3 Å². The summed E-state index contributed by atoms with van der Waals surface area (Å²) >= 11 is 0. The number of esters is 1. The van der Waals surface area contributed by atoms with Crippen LogP contribution in [-0.2, 0) is 16.0 Å². The lowest BCUT2D eigenvalue weighted by Crippen LogP contribution is -2.30. The van der Waals surface area contributed by atoms with E-state index >= 15 is 0 Å². The minimum Gasteiger partial charge on any atom is -0.465 e. The highest BCUT2D eigenvalue weighted by Gasteiger charge is 2.46. The van der Waals surface area contributed by atoms with E-state index in [1.807, 2.05) is 25.1 Å². The molecular weight excluding hydrogens is 200 g/mol. The van der Waals surface area contributed by atoms with Gasteiger partial charge in [-0.2, -0.15) is 0 Å². The standard InChI is InChI=1S/C14H18O2/c1-3-14(2)12(10-16-13(14)15)9-11-7-5-4-6-8-11/h4-8,12H,3,9-10H2,1-2H3. The third-order valence-electron chi connectivity index (χ3n) is 3.84. The Morgan fingerprint density at radius 3 is 2.69 bits per heavy atom. The lowest BCUT2D eigenvalue weighted by atomic mass is 9.74. The van der Waals surface area contributed by atoms with Gasteiger partial charge in [0.2, 0.25) is 0 Å². The summed E-state index contributed by atoms with van der Waals surface area (Å²) < 4.78 is 5.21. The number of carbonyl (C=O) groups is 1. The van der Waals surface area contributed by atoms with E-state index in [9.17, 15) is 4.79 Å². The van der Waals surface area contributed by atoms with Gasteiger partial charge in [-0.1, -0.05) is 37.3 Å². The zero-order valence-electron chi connectivity index (χ0n) is 9.90. The molecule has 0 bridgehead atoms. The van der Waals surface area contributed by atoms with E-state index in [1.165, 1.54) is 5.56 Å². The maximum absolute atomic E-state index is 11.7. The van der Waals surface area contributed by atoms with Crippen molar-refractivity contribution in [1.29, 1.82) is 0 Å². The lowest BCUT2D eigenvalue weighted by Gasteiger charge is -2.24. The zero-order chi connectivity index (χ0) is 11.6. The monoisotopic (exact) mass is 218 g/mol. The van der Waals surface area contributed by atoms with Crippen molar-refractivity contribution in [3.05, 3.63) is 35.9 Å². The molecule has 1 aliphatic heterocycles. The van der Waals surface area contributed by atoms with E-state index in [0.29, 0.717) is 12.5 Å². The molecule has 1 aromatic rings. The first kappa shape index (κ1) is 11.2. The Hall–Kier alpha value is -1.31. The molecular formula is C14H18O2. The zero-order valence-corrected chi connectivity index (χ0v) is 9.90. The van der Waals surface area contributed by atoms with E-state index in [4.69, 9.17) is 4.74 Å². The van der Waals surface area contributed by atoms with Crippen LogP contribution in [0.3, 0.4) is 0 Å². The van der Waals surface area contributed by atoms with Gasteiger partial charge in [-0.3, -0.25) is 4.79 Å². The highest BCUT2D eigenvalue weighted by Crippen LogP contribution is 2.40. The largest absolute Gasteiger partial charge is 0.465 e. The first-order valence-corrected chi connectivity index (χ1v) is 5.88. The highest BCUT2D eigenvalue weighted by atomic mass is 16.5. The van der Waals surface area contributed by atoms with Gasteiger partial charge in [0.05, 0.1) is 12.0 Å². The van der Waals surface area contributed by atoms with Crippen LogP contribution in [0.5, 0.6) is 0 Å². The van der Waals surface area contributed by atoms with Crippen molar-refractivity contribution in [2.75, 3.05) is 6.61 Å². The molecule has 0 aliphatic carbocycles. The Balaban J connectivity index is 2.14. The van der Waals surface area contributed by atoms with Crippen LogP contribution in [0.4, 0.5) is 0 Å². The number of hydrogen-bond acceptors (Lipinski definition) is 2. The third kappa shape index (κ3) is 1.84. The van der Waals surface area contributed by atoms with Crippen LogP contribution in [0.25, 0.3) is 0 Å². The number of cyclic esters (lactones) is 1. The van der Waals surface area contributed by atoms with Crippen LogP contribution in [0.2, 0.25) is 0 Å². The van der Waals surface area contributed by atoms with Crippen molar-refractivity contribution in [2.45, 2.75) is 26.7 Å². The van der Waals surface area contributed by atoms with E-state index in [2.05, 4.69) is 19.1 Å². The van der Waals surface area contributed by atoms with Gasteiger partial charge in [-0.15, -0.1) is 0 Å². The molecule has 16 heavy (non-hydrogen) atoms. The average Bonchev–Trinajstić information content (AvgIpc) is 2.59. The van der Waals surface area contributed by atoms with E-state index < -0.39 is 0 Å². The molecule has 0 amide bonds.